The molecular formula is C14H16N4O. The molecule has 1 saturated carbocycles. The Morgan fingerprint density at radius 1 is 1.47 bits per heavy atom. The van der Waals surface area contributed by atoms with Gasteiger partial charge in [-0.2, -0.15) is 0 Å². The van der Waals surface area contributed by atoms with Crippen molar-refractivity contribution in [3.63, 3.8) is 0 Å². The second-order valence-corrected chi connectivity index (χ2v) is 5.54. The summed E-state index contributed by atoms with van der Waals surface area (Å²) >= 11 is 0. The largest absolute Gasteiger partial charge is 0.346 e. The third kappa shape index (κ3) is 1.81. The number of carbonyl (C=O) groups is 1. The van der Waals surface area contributed by atoms with Gasteiger partial charge in [0.1, 0.15) is 5.69 Å². The lowest BCUT2D eigenvalue weighted by molar-refractivity contribution is 0.0923. The highest BCUT2D eigenvalue weighted by atomic mass is 16.2. The molecule has 0 aromatic carbocycles. The van der Waals surface area contributed by atoms with Crippen molar-refractivity contribution in [3.05, 3.63) is 36.4 Å². The number of amides is 1. The molecule has 4 rings (SSSR count). The van der Waals surface area contributed by atoms with Crippen LogP contribution in [0.5, 0.6) is 0 Å². The number of piperidine rings is 1. The van der Waals surface area contributed by atoms with Crippen molar-refractivity contribution in [1.82, 2.24) is 20.0 Å². The van der Waals surface area contributed by atoms with E-state index in [1.807, 2.05) is 22.7 Å². The van der Waals surface area contributed by atoms with Gasteiger partial charge in [-0.05, 0) is 37.4 Å². The number of carbonyl (C=O) groups excluding carboxylic acids is 1. The number of aromatic nitrogens is 2. The molecule has 19 heavy (non-hydrogen) atoms. The lowest BCUT2D eigenvalue weighted by Crippen LogP contribution is -2.48. The van der Waals surface area contributed by atoms with Gasteiger partial charge in [0.25, 0.3) is 5.91 Å². The molecule has 2 aliphatic rings. The van der Waals surface area contributed by atoms with E-state index < -0.39 is 0 Å². The van der Waals surface area contributed by atoms with Crippen molar-refractivity contribution in [1.29, 1.82) is 0 Å². The van der Waals surface area contributed by atoms with Crippen LogP contribution in [0.15, 0.2) is 30.7 Å². The van der Waals surface area contributed by atoms with Crippen LogP contribution in [0.3, 0.4) is 0 Å². The Balaban J connectivity index is 1.53. The second kappa shape index (κ2) is 4.06. The van der Waals surface area contributed by atoms with Crippen LogP contribution in [-0.4, -0.2) is 33.9 Å². The van der Waals surface area contributed by atoms with Gasteiger partial charge in [-0.25, -0.2) is 4.98 Å². The maximum Gasteiger partial charge on any atom is 0.271 e. The molecule has 2 fully saturated rings. The van der Waals surface area contributed by atoms with Crippen LogP contribution in [0.25, 0.3) is 5.52 Å². The molecule has 1 aliphatic carbocycles. The van der Waals surface area contributed by atoms with Gasteiger partial charge in [0, 0.05) is 24.5 Å². The first kappa shape index (κ1) is 11.0. The van der Waals surface area contributed by atoms with Gasteiger partial charge in [0.15, 0.2) is 0 Å². The van der Waals surface area contributed by atoms with Crippen LogP contribution in [0.2, 0.25) is 0 Å². The van der Waals surface area contributed by atoms with Gasteiger partial charge in [0.05, 0.1) is 11.7 Å². The van der Waals surface area contributed by atoms with Crippen molar-refractivity contribution in [3.8, 4) is 0 Å². The Morgan fingerprint density at radius 3 is 3.21 bits per heavy atom. The Morgan fingerprint density at radius 2 is 2.42 bits per heavy atom. The first-order chi connectivity index (χ1) is 9.29. The predicted molar refractivity (Wildman–Crippen MR) is 71.0 cm³/mol. The zero-order valence-corrected chi connectivity index (χ0v) is 10.5. The average Bonchev–Trinajstić information content (AvgIpc) is 3.13. The van der Waals surface area contributed by atoms with Gasteiger partial charge in [0.2, 0.25) is 0 Å². The summed E-state index contributed by atoms with van der Waals surface area (Å²) in [6, 6.07) is 4.62. The van der Waals surface area contributed by atoms with Gasteiger partial charge in [-0.1, -0.05) is 0 Å². The SMILES string of the molecule is O=C(NC1CC2CNC1C2)c1cn2cccc2cn1. The molecule has 5 nitrogen and oxygen atoms in total. The zero-order valence-electron chi connectivity index (χ0n) is 10.5. The topological polar surface area (TPSA) is 58.4 Å². The number of hydrogen-bond acceptors (Lipinski definition) is 3. The number of rotatable bonds is 2. The fourth-order valence-corrected chi connectivity index (χ4v) is 3.31. The normalized spacial score (nSPS) is 28.9. The third-order valence-electron chi connectivity index (χ3n) is 4.29. The van der Waals surface area contributed by atoms with E-state index in [1.165, 1.54) is 6.42 Å². The summed E-state index contributed by atoms with van der Waals surface area (Å²) in [5.41, 5.74) is 1.48. The highest BCUT2D eigenvalue weighted by molar-refractivity contribution is 5.92. The van der Waals surface area contributed by atoms with Crippen molar-refractivity contribution in [2.24, 2.45) is 5.92 Å². The second-order valence-electron chi connectivity index (χ2n) is 5.54. The zero-order chi connectivity index (χ0) is 12.8. The fraction of sp³-hybridized carbons (Fsp3) is 0.429. The molecular weight excluding hydrogens is 240 g/mol. The first-order valence-electron chi connectivity index (χ1n) is 6.76. The van der Waals surface area contributed by atoms with E-state index >= 15 is 0 Å². The van der Waals surface area contributed by atoms with Gasteiger partial charge >= 0.3 is 0 Å². The minimum atomic E-state index is -0.0741. The molecule has 98 valence electrons. The maximum absolute atomic E-state index is 12.2. The van der Waals surface area contributed by atoms with Crippen LogP contribution < -0.4 is 10.6 Å². The number of nitrogens with zero attached hydrogens (tertiary/aromatic N) is 2. The highest BCUT2D eigenvalue weighted by Gasteiger charge is 2.40. The van der Waals surface area contributed by atoms with E-state index in [-0.39, 0.29) is 11.9 Å². The lowest BCUT2D eigenvalue weighted by Gasteiger charge is -2.23. The highest BCUT2D eigenvalue weighted by Crippen LogP contribution is 2.31. The first-order valence-corrected chi connectivity index (χ1v) is 6.76. The summed E-state index contributed by atoms with van der Waals surface area (Å²) in [6.07, 6.45) is 7.72. The molecule has 1 amide bonds. The molecule has 3 atom stereocenters. The molecule has 2 bridgehead atoms. The van der Waals surface area contributed by atoms with E-state index in [4.69, 9.17) is 0 Å². The third-order valence-corrected chi connectivity index (χ3v) is 4.29. The van der Waals surface area contributed by atoms with Crippen LogP contribution in [0.4, 0.5) is 0 Å². The van der Waals surface area contributed by atoms with Gasteiger partial charge < -0.3 is 15.0 Å². The monoisotopic (exact) mass is 256 g/mol. The smallest absolute Gasteiger partial charge is 0.271 e. The van der Waals surface area contributed by atoms with E-state index in [2.05, 4.69) is 15.6 Å². The molecule has 5 heteroatoms. The minimum Gasteiger partial charge on any atom is -0.346 e. The Hall–Kier alpha value is -1.88. The molecule has 3 heterocycles. The van der Waals surface area contributed by atoms with E-state index in [0.29, 0.717) is 11.7 Å². The van der Waals surface area contributed by atoms with E-state index in [1.54, 1.807) is 12.4 Å². The summed E-state index contributed by atoms with van der Waals surface area (Å²) in [7, 11) is 0. The summed E-state index contributed by atoms with van der Waals surface area (Å²) in [5, 5.41) is 6.55. The molecule has 2 aromatic heterocycles. The summed E-state index contributed by atoms with van der Waals surface area (Å²) in [4.78, 5) is 16.5. The van der Waals surface area contributed by atoms with Crippen molar-refractivity contribution in [2.45, 2.75) is 24.9 Å². The molecule has 2 N–H and O–H groups in total. The number of nitrogens with one attached hydrogen (secondary N) is 2. The summed E-state index contributed by atoms with van der Waals surface area (Å²) in [5.74, 6) is 0.658. The van der Waals surface area contributed by atoms with Crippen LogP contribution in [-0.2, 0) is 0 Å². The lowest BCUT2D eigenvalue weighted by atomic mass is 10.1. The Bertz CT molecular complexity index is 635. The van der Waals surface area contributed by atoms with Gasteiger partial charge in [-0.15, -0.1) is 0 Å². The van der Waals surface area contributed by atoms with Crippen molar-refractivity contribution in [2.75, 3.05) is 6.54 Å². The Kier molecular flexibility index (Phi) is 2.35. The van der Waals surface area contributed by atoms with Crippen LogP contribution in [0, 0.1) is 5.92 Å². The quantitative estimate of drug-likeness (QED) is 0.836. The van der Waals surface area contributed by atoms with Crippen molar-refractivity contribution < 1.29 is 4.79 Å². The van der Waals surface area contributed by atoms with Gasteiger partial charge in [-0.3, -0.25) is 4.79 Å². The molecule has 3 unspecified atom stereocenters. The standard InChI is InChI=1S/C14H16N4O/c19-14(17-12-5-9-4-11(12)15-6-9)13-8-18-3-1-2-10(18)7-16-13/h1-3,7-9,11-12,15H,4-6H2,(H,17,19). The van der Waals surface area contributed by atoms with E-state index in [0.717, 1.165) is 24.4 Å². The van der Waals surface area contributed by atoms with Crippen molar-refractivity contribution >= 4 is 11.4 Å². The number of fused-ring (bicyclic) bond motifs is 3. The molecule has 0 spiro atoms. The van der Waals surface area contributed by atoms with Crippen LogP contribution >= 0.6 is 0 Å². The van der Waals surface area contributed by atoms with E-state index in [9.17, 15) is 4.79 Å². The maximum atomic E-state index is 12.2. The molecule has 1 aliphatic heterocycles. The molecule has 0 radical (unpaired) electrons. The molecule has 1 saturated heterocycles. The minimum absolute atomic E-state index is 0.0741. The summed E-state index contributed by atoms with van der Waals surface area (Å²) < 4.78 is 1.92. The van der Waals surface area contributed by atoms with Crippen LogP contribution in [0.1, 0.15) is 23.3 Å². The molecule has 2 aromatic rings. The average molecular weight is 256 g/mol. The predicted octanol–water partition coefficient (Wildman–Crippen LogP) is 0.814. The fourth-order valence-electron chi connectivity index (χ4n) is 3.31. The number of hydrogen-bond donors (Lipinski definition) is 2. The Labute approximate surface area is 111 Å². The summed E-state index contributed by atoms with van der Waals surface area (Å²) in [6.45, 7) is 1.10.